The maximum atomic E-state index is 12.6. The van der Waals surface area contributed by atoms with Gasteiger partial charge in [0.1, 0.15) is 5.75 Å². The van der Waals surface area contributed by atoms with Crippen molar-refractivity contribution < 1.29 is 9.90 Å². The molecule has 0 saturated carbocycles. The Balaban J connectivity index is 1.75. The number of anilines is 1. The average molecular weight is 314 g/mol. The number of aromatic hydroxyl groups is 1. The second-order valence-corrected chi connectivity index (χ2v) is 5.55. The van der Waals surface area contributed by atoms with Crippen LogP contribution in [0, 0.1) is 0 Å². The first-order valence-corrected chi connectivity index (χ1v) is 7.59. The molecule has 0 radical (unpaired) electrons. The van der Waals surface area contributed by atoms with E-state index >= 15 is 0 Å². The van der Waals surface area contributed by atoms with Crippen molar-refractivity contribution in [2.75, 3.05) is 5.32 Å². The van der Waals surface area contributed by atoms with Crippen LogP contribution in [0.25, 0.3) is 21.5 Å². The van der Waals surface area contributed by atoms with Gasteiger partial charge in [0.15, 0.2) is 0 Å². The molecule has 0 unspecified atom stereocenters. The summed E-state index contributed by atoms with van der Waals surface area (Å²) in [5, 5.41) is 16.7. The van der Waals surface area contributed by atoms with Crippen LogP contribution in [0.5, 0.6) is 5.75 Å². The van der Waals surface area contributed by atoms with E-state index in [0.29, 0.717) is 11.1 Å². The predicted octanol–water partition coefficient (Wildman–Crippen LogP) is 4.35. The van der Waals surface area contributed by atoms with Gasteiger partial charge in [0.25, 0.3) is 5.91 Å². The molecule has 1 heterocycles. The third-order valence-corrected chi connectivity index (χ3v) is 4.06. The fraction of sp³-hybridized carbons (Fsp3) is 0. The van der Waals surface area contributed by atoms with Gasteiger partial charge in [-0.05, 0) is 11.5 Å². The number of carbonyl (C=O) groups excluding carboxylic acids is 1. The largest absolute Gasteiger partial charge is 0.506 e. The summed E-state index contributed by atoms with van der Waals surface area (Å²) in [4.78, 5) is 16.8. The van der Waals surface area contributed by atoms with Gasteiger partial charge in [0.05, 0.1) is 17.4 Å². The van der Waals surface area contributed by atoms with Crippen LogP contribution in [0.15, 0.2) is 73.1 Å². The molecule has 4 rings (SSSR count). The molecule has 1 aromatic heterocycles. The quantitative estimate of drug-likeness (QED) is 0.578. The highest BCUT2D eigenvalue weighted by Gasteiger charge is 2.15. The highest BCUT2D eigenvalue weighted by molar-refractivity contribution is 6.12. The number of amides is 1. The number of pyridine rings is 1. The molecular formula is C20H14N2O2. The van der Waals surface area contributed by atoms with Crippen LogP contribution in [-0.2, 0) is 0 Å². The number of rotatable bonds is 2. The zero-order chi connectivity index (χ0) is 16.5. The highest BCUT2D eigenvalue weighted by atomic mass is 16.3. The van der Waals surface area contributed by atoms with Crippen LogP contribution < -0.4 is 5.32 Å². The lowest BCUT2D eigenvalue weighted by molar-refractivity contribution is 0.102. The summed E-state index contributed by atoms with van der Waals surface area (Å²) in [5.74, 6) is -0.379. The Morgan fingerprint density at radius 2 is 1.54 bits per heavy atom. The number of nitrogens with zero attached hydrogens (tertiary/aromatic N) is 1. The topological polar surface area (TPSA) is 62.2 Å². The molecular weight excluding hydrogens is 300 g/mol. The Bertz CT molecular complexity index is 1070. The van der Waals surface area contributed by atoms with Crippen LogP contribution in [0.4, 0.5) is 5.69 Å². The van der Waals surface area contributed by atoms with E-state index in [1.54, 1.807) is 24.5 Å². The molecule has 116 valence electrons. The third kappa shape index (κ3) is 2.34. The minimum absolute atomic E-state index is 0.0150. The molecule has 4 nitrogen and oxygen atoms in total. The van der Waals surface area contributed by atoms with E-state index in [-0.39, 0.29) is 17.2 Å². The standard InChI is InChI=1S/C20H14N2O2/c23-19-16-8-4-1-5-13(16)9-10-17(19)20(24)22-18-12-21-11-14-6-2-3-7-15(14)18/h1-12,23H,(H,22,24). The summed E-state index contributed by atoms with van der Waals surface area (Å²) in [6, 6.07) is 18.6. The predicted molar refractivity (Wildman–Crippen MR) is 95.3 cm³/mol. The summed E-state index contributed by atoms with van der Waals surface area (Å²) in [7, 11) is 0. The van der Waals surface area contributed by atoms with Gasteiger partial charge in [-0.3, -0.25) is 9.78 Å². The van der Waals surface area contributed by atoms with E-state index in [1.165, 1.54) is 0 Å². The van der Waals surface area contributed by atoms with Crippen molar-refractivity contribution in [3.05, 3.63) is 78.6 Å². The number of hydrogen-bond acceptors (Lipinski definition) is 3. The van der Waals surface area contributed by atoms with Gasteiger partial charge in [0.2, 0.25) is 0 Å². The molecule has 0 bridgehead atoms. The Morgan fingerprint density at radius 1 is 0.833 bits per heavy atom. The number of hydrogen-bond donors (Lipinski definition) is 2. The van der Waals surface area contributed by atoms with E-state index in [1.807, 2.05) is 48.5 Å². The molecule has 0 saturated heterocycles. The number of nitrogens with one attached hydrogen (secondary N) is 1. The molecule has 4 aromatic rings. The van der Waals surface area contributed by atoms with Crippen molar-refractivity contribution in [2.24, 2.45) is 0 Å². The first kappa shape index (κ1) is 14.2. The molecule has 1 amide bonds. The smallest absolute Gasteiger partial charge is 0.259 e. The SMILES string of the molecule is O=C(Nc1cncc2ccccc12)c1ccc2ccccc2c1O. The van der Waals surface area contributed by atoms with Crippen molar-refractivity contribution in [2.45, 2.75) is 0 Å². The Morgan fingerprint density at radius 3 is 2.38 bits per heavy atom. The summed E-state index contributed by atoms with van der Waals surface area (Å²) in [6.07, 6.45) is 3.36. The lowest BCUT2D eigenvalue weighted by atomic mass is 10.0. The number of benzene rings is 3. The molecule has 0 aliphatic rings. The van der Waals surface area contributed by atoms with Crippen molar-refractivity contribution in [1.82, 2.24) is 4.98 Å². The van der Waals surface area contributed by atoms with Crippen LogP contribution in [-0.4, -0.2) is 16.0 Å². The fourth-order valence-corrected chi connectivity index (χ4v) is 2.84. The molecule has 3 aromatic carbocycles. The van der Waals surface area contributed by atoms with E-state index < -0.39 is 0 Å². The Hall–Kier alpha value is -3.40. The molecule has 24 heavy (non-hydrogen) atoms. The minimum atomic E-state index is -0.364. The zero-order valence-electron chi connectivity index (χ0n) is 12.7. The molecule has 0 aliphatic heterocycles. The van der Waals surface area contributed by atoms with E-state index in [0.717, 1.165) is 16.2 Å². The van der Waals surface area contributed by atoms with Crippen molar-refractivity contribution >= 4 is 33.1 Å². The van der Waals surface area contributed by atoms with E-state index in [9.17, 15) is 9.90 Å². The molecule has 0 spiro atoms. The van der Waals surface area contributed by atoms with Crippen molar-refractivity contribution in [1.29, 1.82) is 0 Å². The first-order chi connectivity index (χ1) is 11.7. The van der Waals surface area contributed by atoms with Gasteiger partial charge in [0, 0.05) is 22.4 Å². The molecule has 0 fully saturated rings. The number of phenolic OH excluding ortho intramolecular Hbond substituents is 1. The molecule has 4 heteroatoms. The fourth-order valence-electron chi connectivity index (χ4n) is 2.84. The number of carbonyl (C=O) groups is 1. The lowest BCUT2D eigenvalue weighted by Gasteiger charge is -2.10. The van der Waals surface area contributed by atoms with Crippen LogP contribution >= 0.6 is 0 Å². The first-order valence-electron chi connectivity index (χ1n) is 7.59. The second kappa shape index (κ2) is 5.66. The van der Waals surface area contributed by atoms with Gasteiger partial charge < -0.3 is 10.4 Å². The van der Waals surface area contributed by atoms with E-state index in [4.69, 9.17) is 0 Å². The zero-order valence-corrected chi connectivity index (χ0v) is 12.7. The van der Waals surface area contributed by atoms with Gasteiger partial charge in [-0.2, -0.15) is 0 Å². The van der Waals surface area contributed by atoms with Crippen molar-refractivity contribution in [3.8, 4) is 5.75 Å². The Labute approximate surface area is 138 Å². The maximum Gasteiger partial charge on any atom is 0.259 e. The number of fused-ring (bicyclic) bond motifs is 2. The summed E-state index contributed by atoms with van der Waals surface area (Å²) in [5.41, 5.74) is 0.854. The normalized spacial score (nSPS) is 10.8. The summed E-state index contributed by atoms with van der Waals surface area (Å²) >= 11 is 0. The minimum Gasteiger partial charge on any atom is -0.506 e. The van der Waals surface area contributed by atoms with Gasteiger partial charge in [-0.25, -0.2) is 0 Å². The number of aromatic nitrogens is 1. The van der Waals surface area contributed by atoms with Crippen LogP contribution in [0.2, 0.25) is 0 Å². The van der Waals surface area contributed by atoms with Gasteiger partial charge in [-0.1, -0.05) is 54.6 Å². The summed E-state index contributed by atoms with van der Waals surface area (Å²) in [6.45, 7) is 0. The third-order valence-electron chi connectivity index (χ3n) is 4.06. The van der Waals surface area contributed by atoms with Gasteiger partial charge >= 0.3 is 0 Å². The Kier molecular flexibility index (Phi) is 3.35. The maximum absolute atomic E-state index is 12.6. The molecule has 0 atom stereocenters. The lowest BCUT2D eigenvalue weighted by Crippen LogP contribution is -2.12. The number of phenols is 1. The molecule has 2 N–H and O–H groups in total. The van der Waals surface area contributed by atoms with Gasteiger partial charge in [-0.15, -0.1) is 0 Å². The monoisotopic (exact) mass is 314 g/mol. The van der Waals surface area contributed by atoms with Crippen molar-refractivity contribution in [3.63, 3.8) is 0 Å². The van der Waals surface area contributed by atoms with E-state index in [2.05, 4.69) is 10.3 Å². The second-order valence-electron chi connectivity index (χ2n) is 5.55. The summed E-state index contributed by atoms with van der Waals surface area (Å²) < 4.78 is 0. The highest BCUT2D eigenvalue weighted by Crippen LogP contribution is 2.30. The van der Waals surface area contributed by atoms with Crippen LogP contribution in [0.3, 0.4) is 0 Å². The van der Waals surface area contributed by atoms with Crippen LogP contribution in [0.1, 0.15) is 10.4 Å². The molecule has 0 aliphatic carbocycles. The average Bonchev–Trinajstić information content (AvgIpc) is 2.62.